The standard InChI is InChI=1S/C22H25NO4/c1-16-7-9-18(10-8-16)21(24)15-26-20-12-11-19(13-20)23-22(25)27-14-17-5-3-2-4-6-17/h2-10,19-20H,11-15H2,1H3,(H,23,25)/t19?,20-/m0/s1. The van der Waals surface area contributed by atoms with E-state index in [1.54, 1.807) is 0 Å². The minimum atomic E-state index is -0.416. The van der Waals surface area contributed by atoms with Crippen LogP contribution in [0.15, 0.2) is 54.6 Å². The monoisotopic (exact) mass is 367 g/mol. The maximum absolute atomic E-state index is 12.2. The highest BCUT2D eigenvalue weighted by atomic mass is 16.5. The van der Waals surface area contributed by atoms with E-state index in [0.29, 0.717) is 12.0 Å². The first-order valence-electron chi connectivity index (χ1n) is 9.29. The van der Waals surface area contributed by atoms with Crippen LogP contribution in [-0.4, -0.2) is 30.6 Å². The van der Waals surface area contributed by atoms with Gasteiger partial charge in [0.2, 0.25) is 0 Å². The van der Waals surface area contributed by atoms with Gasteiger partial charge in [0.05, 0.1) is 6.10 Å². The summed E-state index contributed by atoms with van der Waals surface area (Å²) in [6, 6.07) is 17.1. The van der Waals surface area contributed by atoms with E-state index in [0.717, 1.165) is 24.0 Å². The van der Waals surface area contributed by atoms with Crippen molar-refractivity contribution < 1.29 is 19.1 Å². The molecule has 1 amide bonds. The van der Waals surface area contributed by atoms with E-state index >= 15 is 0 Å². The lowest BCUT2D eigenvalue weighted by Crippen LogP contribution is -2.34. The Balaban J connectivity index is 1.36. The zero-order chi connectivity index (χ0) is 19.1. The number of alkyl carbamates (subject to hydrolysis) is 1. The summed E-state index contributed by atoms with van der Waals surface area (Å²) in [5, 5.41) is 2.88. The molecule has 1 N–H and O–H groups in total. The molecule has 27 heavy (non-hydrogen) atoms. The number of hydrogen-bond acceptors (Lipinski definition) is 4. The van der Waals surface area contributed by atoms with Crippen molar-refractivity contribution in [1.82, 2.24) is 5.32 Å². The lowest BCUT2D eigenvalue weighted by atomic mass is 10.1. The molecule has 2 aromatic rings. The summed E-state index contributed by atoms with van der Waals surface area (Å²) in [5.41, 5.74) is 2.74. The van der Waals surface area contributed by atoms with Gasteiger partial charge in [-0.1, -0.05) is 60.2 Å². The highest BCUT2D eigenvalue weighted by molar-refractivity contribution is 5.97. The maximum atomic E-state index is 12.2. The van der Waals surface area contributed by atoms with Crippen LogP contribution in [0.3, 0.4) is 0 Å². The molecular formula is C22H25NO4. The molecule has 0 saturated heterocycles. The minimum Gasteiger partial charge on any atom is -0.445 e. The summed E-state index contributed by atoms with van der Waals surface area (Å²) in [6.45, 7) is 2.31. The fourth-order valence-corrected chi connectivity index (χ4v) is 3.17. The summed E-state index contributed by atoms with van der Waals surface area (Å²) >= 11 is 0. The fourth-order valence-electron chi connectivity index (χ4n) is 3.17. The van der Waals surface area contributed by atoms with E-state index in [-0.39, 0.29) is 31.1 Å². The Morgan fingerprint density at radius 1 is 1.04 bits per heavy atom. The average Bonchev–Trinajstić information content (AvgIpc) is 3.13. The van der Waals surface area contributed by atoms with Crippen molar-refractivity contribution in [2.75, 3.05) is 6.61 Å². The van der Waals surface area contributed by atoms with Gasteiger partial charge >= 0.3 is 6.09 Å². The Labute approximate surface area is 159 Å². The van der Waals surface area contributed by atoms with Crippen LogP contribution >= 0.6 is 0 Å². The highest BCUT2D eigenvalue weighted by Gasteiger charge is 2.27. The second-order valence-corrected chi connectivity index (χ2v) is 6.94. The van der Waals surface area contributed by atoms with E-state index in [1.165, 1.54) is 0 Å². The van der Waals surface area contributed by atoms with E-state index in [1.807, 2.05) is 61.5 Å². The smallest absolute Gasteiger partial charge is 0.407 e. The molecule has 0 aliphatic heterocycles. The highest BCUT2D eigenvalue weighted by Crippen LogP contribution is 2.22. The summed E-state index contributed by atoms with van der Waals surface area (Å²) < 4.78 is 11.0. The van der Waals surface area contributed by atoms with Crippen LogP contribution in [0.4, 0.5) is 4.79 Å². The predicted molar refractivity (Wildman–Crippen MR) is 103 cm³/mol. The van der Waals surface area contributed by atoms with E-state index in [9.17, 15) is 9.59 Å². The molecule has 0 aromatic heterocycles. The third kappa shape index (κ3) is 5.93. The van der Waals surface area contributed by atoms with Gasteiger partial charge in [-0.15, -0.1) is 0 Å². The topological polar surface area (TPSA) is 64.6 Å². The third-order valence-corrected chi connectivity index (χ3v) is 4.74. The second-order valence-electron chi connectivity index (χ2n) is 6.94. The van der Waals surface area contributed by atoms with Crippen LogP contribution in [0.5, 0.6) is 0 Å². The van der Waals surface area contributed by atoms with E-state index in [2.05, 4.69) is 5.32 Å². The van der Waals surface area contributed by atoms with Gasteiger partial charge in [0.25, 0.3) is 0 Å². The average molecular weight is 367 g/mol. The maximum Gasteiger partial charge on any atom is 0.407 e. The molecule has 0 spiro atoms. The molecule has 1 unspecified atom stereocenters. The molecule has 2 aromatic carbocycles. The molecule has 1 fully saturated rings. The van der Waals surface area contributed by atoms with Crippen LogP contribution in [-0.2, 0) is 16.1 Å². The number of carbonyl (C=O) groups excluding carboxylic acids is 2. The molecule has 0 heterocycles. The number of Topliss-reactive ketones (excluding diaryl/α,β-unsaturated/α-hetero) is 1. The van der Waals surface area contributed by atoms with Gasteiger partial charge in [0.1, 0.15) is 13.2 Å². The van der Waals surface area contributed by atoms with Crippen molar-refractivity contribution in [3.8, 4) is 0 Å². The van der Waals surface area contributed by atoms with E-state index < -0.39 is 6.09 Å². The van der Waals surface area contributed by atoms with Crippen LogP contribution in [0.25, 0.3) is 0 Å². The number of ketones is 1. The largest absolute Gasteiger partial charge is 0.445 e. The third-order valence-electron chi connectivity index (χ3n) is 4.74. The van der Waals surface area contributed by atoms with Crippen molar-refractivity contribution >= 4 is 11.9 Å². The molecule has 0 radical (unpaired) electrons. The number of ether oxygens (including phenoxy) is 2. The normalized spacial score (nSPS) is 18.9. The van der Waals surface area contributed by atoms with Crippen LogP contribution < -0.4 is 5.32 Å². The van der Waals surface area contributed by atoms with Gasteiger partial charge < -0.3 is 14.8 Å². The first-order valence-corrected chi connectivity index (χ1v) is 9.29. The predicted octanol–water partition coefficient (Wildman–Crippen LogP) is 4.04. The molecule has 0 bridgehead atoms. The molecule has 5 heteroatoms. The van der Waals surface area contributed by atoms with Crippen molar-refractivity contribution in [1.29, 1.82) is 0 Å². The van der Waals surface area contributed by atoms with Crippen LogP contribution in [0.1, 0.15) is 40.7 Å². The Bertz CT molecular complexity index is 758. The Hall–Kier alpha value is -2.66. The minimum absolute atomic E-state index is 0.0150. The zero-order valence-electron chi connectivity index (χ0n) is 15.5. The molecule has 1 aliphatic rings. The molecule has 142 valence electrons. The van der Waals surface area contributed by atoms with Gasteiger partial charge in [0.15, 0.2) is 5.78 Å². The molecule has 5 nitrogen and oxygen atoms in total. The summed E-state index contributed by atoms with van der Waals surface area (Å²) in [4.78, 5) is 24.1. The van der Waals surface area contributed by atoms with Crippen molar-refractivity contribution in [3.05, 3.63) is 71.3 Å². The first kappa shape index (κ1) is 19.1. The Morgan fingerprint density at radius 2 is 1.78 bits per heavy atom. The number of rotatable bonds is 7. The molecule has 2 atom stereocenters. The number of benzene rings is 2. The zero-order valence-corrected chi connectivity index (χ0v) is 15.5. The fraction of sp³-hybridized carbons (Fsp3) is 0.364. The number of hydrogen-bond donors (Lipinski definition) is 1. The number of carbonyl (C=O) groups is 2. The van der Waals surface area contributed by atoms with E-state index in [4.69, 9.17) is 9.47 Å². The number of aryl methyl sites for hydroxylation is 1. The summed E-state index contributed by atoms with van der Waals surface area (Å²) in [5.74, 6) is -0.0197. The first-order chi connectivity index (χ1) is 13.1. The number of nitrogens with one attached hydrogen (secondary N) is 1. The second kappa shape index (κ2) is 9.33. The summed E-state index contributed by atoms with van der Waals surface area (Å²) in [7, 11) is 0. The van der Waals surface area contributed by atoms with Crippen molar-refractivity contribution in [2.24, 2.45) is 0 Å². The van der Waals surface area contributed by atoms with Gasteiger partial charge in [-0.3, -0.25) is 4.79 Å². The van der Waals surface area contributed by atoms with Crippen molar-refractivity contribution in [2.45, 2.75) is 44.9 Å². The van der Waals surface area contributed by atoms with Crippen LogP contribution in [0.2, 0.25) is 0 Å². The summed E-state index contributed by atoms with van der Waals surface area (Å²) in [6.07, 6.45) is 1.91. The molecule has 1 saturated carbocycles. The lowest BCUT2D eigenvalue weighted by Gasteiger charge is -2.14. The van der Waals surface area contributed by atoms with Gasteiger partial charge in [0, 0.05) is 11.6 Å². The Morgan fingerprint density at radius 3 is 2.52 bits per heavy atom. The molecule has 3 rings (SSSR count). The quantitative estimate of drug-likeness (QED) is 0.750. The molecule has 1 aliphatic carbocycles. The van der Waals surface area contributed by atoms with Gasteiger partial charge in [-0.25, -0.2) is 4.79 Å². The van der Waals surface area contributed by atoms with Gasteiger partial charge in [-0.05, 0) is 31.7 Å². The van der Waals surface area contributed by atoms with Crippen molar-refractivity contribution in [3.63, 3.8) is 0 Å². The number of amides is 1. The van der Waals surface area contributed by atoms with Crippen LogP contribution in [0, 0.1) is 6.92 Å². The van der Waals surface area contributed by atoms with Gasteiger partial charge in [-0.2, -0.15) is 0 Å². The SMILES string of the molecule is Cc1ccc(C(=O)CO[C@H]2CCC(NC(=O)OCc3ccccc3)C2)cc1. The lowest BCUT2D eigenvalue weighted by molar-refractivity contribution is 0.0471. The Kier molecular flexibility index (Phi) is 6.60. The molecular weight excluding hydrogens is 342 g/mol.